The van der Waals surface area contributed by atoms with Crippen LogP contribution in [0.15, 0.2) is 35.7 Å². The van der Waals surface area contributed by atoms with Crippen LogP contribution in [-0.4, -0.2) is 29.4 Å². The van der Waals surface area contributed by atoms with Crippen molar-refractivity contribution in [3.63, 3.8) is 0 Å². The minimum absolute atomic E-state index is 0.120. The molecule has 0 aliphatic carbocycles. The summed E-state index contributed by atoms with van der Waals surface area (Å²) in [5.74, 6) is 0.948. The molecule has 0 unspecified atom stereocenters. The molecule has 0 aliphatic heterocycles. The number of hydrogen-bond acceptors (Lipinski definition) is 4. The van der Waals surface area contributed by atoms with Gasteiger partial charge < -0.3 is 9.64 Å². The minimum Gasteiger partial charge on any atom is -0.486 e. The van der Waals surface area contributed by atoms with Gasteiger partial charge in [-0.1, -0.05) is 31.5 Å². The second kappa shape index (κ2) is 8.54. The highest BCUT2D eigenvalue weighted by Gasteiger charge is 2.12. The molecular weight excluding hydrogens is 296 g/mol. The molecule has 2 rings (SSSR count). The third-order valence-electron chi connectivity index (χ3n) is 3.31. The summed E-state index contributed by atoms with van der Waals surface area (Å²) >= 11 is 1.53. The van der Waals surface area contributed by atoms with Crippen molar-refractivity contribution in [3.05, 3.63) is 46.4 Å². The Balaban J connectivity index is 1.82. The van der Waals surface area contributed by atoms with Gasteiger partial charge in [0.2, 0.25) is 5.91 Å². The van der Waals surface area contributed by atoms with Gasteiger partial charge in [0.05, 0.1) is 12.1 Å². The van der Waals surface area contributed by atoms with E-state index in [-0.39, 0.29) is 5.91 Å². The lowest BCUT2D eigenvalue weighted by Crippen LogP contribution is -2.29. The number of para-hydroxylation sites is 1. The summed E-state index contributed by atoms with van der Waals surface area (Å²) in [6.07, 6.45) is 2.49. The summed E-state index contributed by atoms with van der Waals surface area (Å²) in [5.41, 5.74) is 0.824. The fraction of sp³-hybridized carbons (Fsp3) is 0.412. The van der Waals surface area contributed by atoms with Gasteiger partial charge >= 0.3 is 0 Å². The van der Waals surface area contributed by atoms with Crippen LogP contribution in [0.3, 0.4) is 0 Å². The van der Waals surface area contributed by atoms with E-state index in [4.69, 9.17) is 4.74 Å². The Labute approximate surface area is 135 Å². The first kappa shape index (κ1) is 16.5. The Morgan fingerprint density at radius 1 is 1.32 bits per heavy atom. The highest BCUT2D eigenvalue weighted by molar-refractivity contribution is 7.09. The van der Waals surface area contributed by atoms with Crippen molar-refractivity contribution >= 4 is 17.2 Å². The first-order chi connectivity index (χ1) is 10.7. The summed E-state index contributed by atoms with van der Waals surface area (Å²) in [4.78, 5) is 18.3. The highest BCUT2D eigenvalue weighted by atomic mass is 32.1. The zero-order chi connectivity index (χ0) is 15.8. The van der Waals surface area contributed by atoms with Crippen molar-refractivity contribution in [1.82, 2.24) is 9.88 Å². The molecule has 1 aromatic heterocycles. The van der Waals surface area contributed by atoms with Gasteiger partial charge in [-0.15, -0.1) is 11.3 Å². The zero-order valence-corrected chi connectivity index (χ0v) is 13.9. The van der Waals surface area contributed by atoms with Crippen LogP contribution < -0.4 is 4.74 Å². The maximum Gasteiger partial charge on any atom is 0.228 e. The Morgan fingerprint density at radius 2 is 2.09 bits per heavy atom. The number of benzene rings is 1. The summed E-state index contributed by atoms with van der Waals surface area (Å²) in [6, 6.07) is 9.66. The standard InChI is InChI=1S/C17H22N2O2S/c1-3-4-10-19(2)17(20)11-14-13-22-16(18-14)12-21-15-8-6-5-7-9-15/h5-9,13H,3-4,10-12H2,1-2H3. The number of carbonyl (C=O) groups is 1. The molecule has 0 saturated heterocycles. The molecule has 4 nitrogen and oxygen atoms in total. The van der Waals surface area contributed by atoms with Crippen molar-refractivity contribution in [2.75, 3.05) is 13.6 Å². The van der Waals surface area contributed by atoms with E-state index >= 15 is 0 Å². The number of hydrogen-bond donors (Lipinski definition) is 0. The van der Waals surface area contributed by atoms with Gasteiger partial charge in [-0.3, -0.25) is 4.79 Å². The molecule has 0 radical (unpaired) electrons. The topological polar surface area (TPSA) is 42.4 Å². The molecule has 0 saturated carbocycles. The van der Waals surface area contributed by atoms with Crippen LogP contribution in [0, 0.1) is 0 Å². The van der Waals surface area contributed by atoms with E-state index in [2.05, 4.69) is 11.9 Å². The molecule has 5 heteroatoms. The largest absolute Gasteiger partial charge is 0.486 e. The summed E-state index contributed by atoms with van der Waals surface area (Å²) in [5, 5.41) is 2.83. The number of rotatable bonds is 8. The van der Waals surface area contributed by atoms with E-state index in [1.54, 1.807) is 4.90 Å². The number of aromatic nitrogens is 1. The van der Waals surface area contributed by atoms with Crippen molar-refractivity contribution in [2.24, 2.45) is 0 Å². The van der Waals surface area contributed by atoms with Crippen molar-refractivity contribution < 1.29 is 9.53 Å². The molecule has 118 valence electrons. The van der Waals surface area contributed by atoms with E-state index in [1.165, 1.54) is 11.3 Å². The summed E-state index contributed by atoms with van der Waals surface area (Å²) in [6.45, 7) is 3.37. The summed E-state index contributed by atoms with van der Waals surface area (Å²) < 4.78 is 5.66. The van der Waals surface area contributed by atoms with Crippen LogP contribution in [0.25, 0.3) is 0 Å². The SMILES string of the molecule is CCCCN(C)C(=O)Cc1csc(COc2ccccc2)n1. The number of thiazole rings is 1. The number of carbonyl (C=O) groups excluding carboxylic acids is 1. The van der Waals surface area contributed by atoms with Crippen molar-refractivity contribution in [1.29, 1.82) is 0 Å². The molecule has 22 heavy (non-hydrogen) atoms. The Bertz CT molecular complexity index is 583. The number of amides is 1. The van der Waals surface area contributed by atoms with Gasteiger partial charge in [-0.25, -0.2) is 4.98 Å². The van der Waals surface area contributed by atoms with Gasteiger partial charge in [-0.05, 0) is 18.6 Å². The molecule has 0 atom stereocenters. The molecule has 0 bridgehead atoms. The zero-order valence-electron chi connectivity index (χ0n) is 13.1. The van der Waals surface area contributed by atoms with Gasteiger partial charge in [0.1, 0.15) is 17.4 Å². The fourth-order valence-corrected chi connectivity index (χ4v) is 2.67. The first-order valence-corrected chi connectivity index (χ1v) is 8.42. The van der Waals surface area contributed by atoms with E-state index in [0.717, 1.165) is 35.8 Å². The number of ether oxygens (including phenoxy) is 1. The van der Waals surface area contributed by atoms with Gasteiger partial charge in [-0.2, -0.15) is 0 Å². The fourth-order valence-electron chi connectivity index (χ4n) is 1.97. The highest BCUT2D eigenvalue weighted by Crippen LogP contribution is 2.15. The lowest BCUT2D eigenvalue weighted by atomic mass is 10.2. The molecule has 0 spiro atoms. The van der Waals surface area contributed by atoms with E-state index in [0.29, 0.717) is 13.0 Å². The molecule has 1 aromatic carbocycles. The lowest BCUT2D eigenvalue weighted by Gasteiger charge is -2.15. The average molecular weight is 318 g/mol. The summed E-state index contributed by atoms with van der Waals surface area (Å²) in [7, 11) is 1.85. The molecule has 2 aromatic rings. The average Bonchev–Trinajstić information content (AvgIpc) is 2.99. The molecule has 1 heterocycles. The van der Waals surface area contributed by atoms with Crippen LogP contribution in [0.4, 0.5) is 0 Å². The minimum atomic E-state index is 0.120. The molecule has 1 amide bonds. The predicted molar refractivity (Wildman–Crippen MR) is 89.1 cm³/mol. The molecule has 0 aliphatic rings. The normalized spacial score (nSPS) is 10.5. The maximum atomic E-state index is 12.1. The second-order valence-corrected chi connectivity index (χ2v) is 6.12. The number of nitrogens with zero attached hydrogens (tertiary/aromatic N) is 2. The van der Waals surface area contributed by atoms with E-state index in [9.17, 15) is 4.79 Å². The van der Waals surface area contributed by atoms with Crippen LogP contribution in [-0.2, 0) is 17.8 Å². The first-order valence-electron chi connectivity index (χ1n) is 7.54. The third-order valence-corrected chi connectivity index (χ3v) is 4.18. The van der Waals surface area contributed by atoms with E-state index in [1.807, 2.05) is 42.8 Å². The number of likely N-dealkylation sites (N-methyl/N-ethyl adjacent to an activating group) is 1. The van der Waals surface area contributed by atoms with Crippen LogP contribution >= 0.6 is 11.3 Å². The molecular formula is C17H22N2O2S. The second-order valence-electron chi connectivity index (χ2n) is 5.18. The third kappa shape index (κ3) is 5.15. The lowest BCUT2D eigenvalue weighted by molar-refractivity contribution is -0.129. The van der Waals surface area contributed by atoms with Gasteiger partial charge in [0.25, 0.3) is 0 Å². The van der Waals surface area contributed by atoms with Crippen LogP contribution in [0.2, 0.25) is 0 Å². The van der Waals surface area contributed by atoms with Crippen LogP contribution in [0.1, 0.15) is 30.5 Å². The maximum absolute atomic E-state index is 12.1. The molecule has 0 N–H and O–H groups in total. The van der Waals surface area contributed by atoms with Crippen LogP contribution in [0.5, 0.6) is 5.75 Å². The van der Waals surface area contributed by atoms with Crippen molar-refractivity contribution in [3.8, 4) is 5.75 Å². The Hall–Kier alpha value is -1.88. The smallest absolute Gasteiger partial charge is 0.228 e. The number of unbranched alkanes of at least 4 members (excludes halogenated alkanes) is 1. The van der Waals surface area contributed by atoms with Gasteiger partial charge in [0, 0.05) is 19.0 Å². The quantitative estimate of drug-likeness (QED) is 0.748. The van der Waals surface area contributed by atoms with Gasteiger partial charge in [0.15, 0.2) is 0 Å². The van der Waals surface area contributed by atoms with E-state index < -0.39 is 0 Å². The van der Waals surface area contributed by atoms with Crippen molar-refractivity contribution in [2.45, 2.75) is 32.8 Å². The monoisotopic (exact) mass is 318 g/mol. The predicted octanol–water partition coefficient (Wildman–Crippen LogP) is 3.52. The molecule has 0 fully saturated rings. The Kier molecular flexibility index (Phi) is 6.40. The Morgan fingerprint density at radius 3 is 2.82 bits per heavy atom.